The van der Waals surface area contributed by atoms with Gasteiger partial charge in [0.2, 0.25) is 5.91 Å². The summed E-state index contributed by atoms with van der Waals surface area (Å²) in [5.74, 6) is -1.29. The average molecular weight is 434 g/mol. The monoisotopic (exact) mass is 434 g/mol. The number of likely N-dealkylation sites (tertiary alicyclic amines) is 1. The first-order chi connectivity index (χ1) is 15.5. The molecule has 166 valence electrons. The Morgan fingerprint density at radius 3 is 2.22 bits per heavy atom. The molecule has 7 nitrogen and oxygen atoms in total. The summed E-state index contributed by atoms with van der Waals surface area (Å²) in [7, 11) is 0. The fraction of sp³-hybridized carbons (Fsp3) is 0.400. The van der Waals surface area contributed by atoms with Gasteiger partial charge in [-0.2, -0.15) is 0 Å². The number of carboxylic acid groups (broad SMARTS) is 1. The maximum Gasteiger partial charge on any atom is 0.407 e. The summed E-state index contributed by atoms with van der Waals surface area (Å²) in [6.45, 7) is 0.750. The molecule has 3 atom stereocenters. The van der Waals surface area contributed by atoms with Crippen molar-refractivity contribution in [2.24, 2.45) is 5.92 Å². The van der Waals surface area contributed by atoms with E-state index in [1.807, 2.05) is 24.3 Å². The normalized spacial score (nSPS) is 23.8. The first-order valence-corrected chi connectivity index (χ1v) is 11.2. The minimum absolute atomic E-state index is 0.00502. The zero-order valence-corrected chi connectivity index (χ0v) is 17.7. The lowest BCUT2D eigenvalue weighted by molar-refractivity contribution is -0.159. The molecule has 2 aromatic carbocycles. The number of carbonyl (C=O) groups is 3. The van der Waals surface area contributed by atoms with Crippen LogP contribution in [0.2, 0.25) is 0 Å². The van der Waals surface area contributed by atoms with E-state index in [2.05, 4.69) is 29.6 Å². The molecular weight excluding hydrogens is 408 g/mol. The topological polar surface area (TPSA) is 95.9 Å². The zero-order chi connectivity index (χ0) is 22.2. The molecule has 2 amide bonds. The van der Waals surface area contributed by atoms with Gasteiger partial charge in [0, 0.05) is 24.4 Å². The Labute approximate surface area is 186 Å². The van der Waals surface area contributed by atoms with Crippen LogP contribution in [0.3, 0.4) is 0 Å². The van der Waals surface area contributed by atoms with Crippen LogP contribution in [0.25, 0.3) is 11.1 Å². The second-order valence-corrected chi connectivity index (χ2v) is 8.85. The summed E-state index contributed by atoms with van der Waals surface area (Å²) in [5.41, 5.74) is 4.69. The van der Waals surface area contributed by atoms with Crippen LogP contribution in [-0.4, -0.2) is 53.2 Å². The number of amides is 2. The first kappa shape index (κ1) is 20.5. The van der Waals surface area contributed by atoms with Crippen molar-refractivity contribution >= 4 is 18.0 Å². The number of hydrogen-bond acceptors (Lipinski definition) is 4. The predicted molar refractivity (Wildman–Crippen MR) is 117 cm³/mol. The van der Waals surface area contributed by atoms with Gasteiger partial charge in [0.25, 0.3) is 0 Å². The predicted octanol–water partition coefficient (Wildman–Crippen LogP) is 3.38. The zero-order valence-electron chi connectivity index (χ0n) is 17.7. The third-order valence-electron chi connectivity index (χ3n) is 7.04. The standard InChI is InChI=1S/C25H26N2O5/c28-23(27-12-11-22(27)24(29)30)15-9-10-16(13-15)26-25(31)32-14-21-19-7-3-1-5-17(19)18-6-2-4-8-20(18)21/h1-8,15-16,21-22H,9-14H2,(H,26,31)(H,29,30)/t15-,16+,22?/m0/s1. The third-order valence-corrected chi connectivity index (χ3v) is 7.04. The van der Waals surface area contributed by atoms with Crippen LogP contribution >= 0.6 is 0 Å². The minimum atomic E-state index is -0.948. The SMILES string of the molecule is O=C(N[C@@H]1CC[C@H](C(=O)N2CCC2C(=O)O)C1)OCC1c2ccccc2-c2ccccc21. The van der Waals surface area contributed by atoms with Gasteiger partial charge < -0.3 is 20.1 Å². The van der Waals surface area contributed by atoms with Crippen LogP contribution in [0, 0.1) is 5.92 Å². The number of nitrogens with zero attached hydrogens (tertiary/aromatic N) is 1. The van der Waals surface area contributed by atoms with Crippen molar-refractivity contribution in [3.8, 4) is 11.1 Å². The molecule has 2 aromatic rings. The van der Waals surface area contributed by atoms with E-state index in [0.29, 0.717) is 32.2 Å². The van der Waals surface area contributed by atoms with Crippen LogP contribution in [0.15, 0.2) is 48.5 Å². The Bertz CT molecular complexity index is 1020. The second kappa shape index (κ2) is 8.30. The number of hydrogen-bond donors (Lipinski definition) is 2. The van der Waals surface area contributed by atoms with E-state index in [0.717, 1.165) is 11.1 Å². The largest absolute Gasteiger partial charge is 0.480 e. The van der Waals surface area contributed by atoms with Crippen LogP contribution < -0.4 is 5.32 Å². The van der Waals surface area contributed by atoms with Crippen molar-refractivity contribution in [2.75, 3.05) is 13.2 Å². The number of nitrogens with one attached hydrogen (secondary N) is 1. The van der Waals surface area contributed by atoms with E-state index < -0.39 is 18.1 Å². The van der Waals surface area contributed by atoms with E-state index >= 15 is 0 Å². The summed E-state index contributed by atoms with van der Waals surface area (Å²) in [6, 6.07) is 15.5. The number of ether oxygens (including phenoxy) is 1. The van der Waals surface area contributed by atoms with Crippen molar-refractivity contribution in [1.82, 2.24) is 10.2 Å². The summed E-state index contributed by atoms with van der Waals surface area (Å²) in [5, 5.41) is 12.1. The van der Waals surface area contributed by atoms with Gasteiger partial charge in [-0.3, -0.25) is 4.79 Å². The van der Waals surface area contributed by atoms with Gasteiger partial charge >= 0.3 is 12.1 Å². The number of benzene rings is 2. The first-order valence-electron chi connectivity index (χ1n) is 11.2. The fourth-order valence-electron chi connectivity index (χ4n) is 5.29. The third kappa shape index (κ3) is 3.61. The summed E-state index contributed by atoms with van der Waals surface area (Å²) in [6.07, 6.45) is 1.89. The number of alkyl carbamates (subject to hydrolysis) is 1. The lowest BCUT2D eigenvalue weighted by Crippen LogP contribution is -2.56. The molecular formula is C25H26N2O5. The van der Waals surface area contributed by atoms with Gasteiger partial charge in [0.05, 0.1) is 0 Å². The Morgan fingerprint density at radius 2 is 1.62 bits per heavy atom. The fourth-order valence-corrected chi connectivity index (χ4v) is 5.29. The van der Waals surface area contributed by atoms with Crippen molar-refractivity contribution in [3.05, 3.63) is 59.7 Å². The summed E-state index contributed by atoms with van der Waals surface area (Å²) in [4.78, 5) is 37.8. The maximum absolute atomic E-state index is 12.6. The highest BCUT2D eigenvalue weighted by Crippen LogP contribution is 2.44. The smallest absolute Gasteiger partial charge is 0.407 e. The van der Waals surface area contributed by atoms with Crippen molar-refractivity contribution in [2.45, 2.75) is 43.7 Å². The molecule has 0 spiro atoms. The van der Waals surface area contributed by atoms with Gasteiger partial charge in [0.15, 0.2) is 0 Å². The van der Waals surface area contributed by atoms with Crippen LogP contribution in [0.5, 0.6) is 0 Å². The van der Waals surface area contributed by atoms with Gasteiger partial charge in [-0.15, -0.1) is 0 Å². The number of fused-ring (bicyclic) bond motifs is 3. The highest BCUT2D eigenvalue weighted by atomic mass is 16.5. The molecule has 1 saturated carbocycles. The van der Waals surface area contributed by atoms with Gasteiger partial charge in [-0.1, -0.05) is 48.5 Å². The number of carbonyl (C=O) groups excluding carboxylic acids is 2. The average Bonchev–Trinajstić information content (AvgIpc) is 3.34. The highest BCUT2D eigenvalue weighted by molar-refractivity contribution is 5.87. The lowest BCUT2D eigenvalue weighted by Gasteiger charge is -2.39. The molecule has 1 saturated heterocycles. The summed E-state index contributed by atoms with van der Waals surface area (Å²) < 4.78 is 5.60. The number of rotatable bonds is 5. The Balaban J connectivity index is 1.16. The highest BCUT2D eigenvalue weighted by Gasteiger charge is 2.42. The van der Waals surface area contributed by atoms with Crippen LogP contribution in [0.1, 0.15) is 42.7 Å². The van der Waals surface area contributed by atoms with E-state index in [1.54, 1.807) is 0 Å². The van der Waals surface area contributed by atoms with Crippen molar-refractivity contribution < 1.29 is 24.2 Å². The maximum atomic E-state index is 12.6. The molecule has 3 aliphatic rings. The van der Waals surface area contributed by atoms with Crippen LogP contribution in [-0.2, 0) is 14.3 Å². The van der Waals surface area contributed by atoms with Crippen molar-refractivity contribution in [1.29, 1.82) is 0 Å². The molecule has 32 heavy (non-hydrogen) atoms. The molecule has 0 bridgehead atoms. The molecule has 2 aliphatic carbocycles. The quantitative estimate of drug-likeness (QED) is 0.752. The molecule has 2 N–H and O–H groups in total. The molecule has 0 radical (unpaired) electrons. The molecule has 1 aliphatic heterocycles. The van der Waals surface area contributed by atoms with Gasteiger partial charge in [0.1, 0.15) is 12.6 Å². The van der Waals surface area contributed by atoms with E-state index in [1.165, 1.54) is 16.0 Å². The lowest BCUT2D eigenvalue weighted by atomic mass is 9.98. The van der Waals surface area contributed by atoms with E-state index in [9.17, 15) is 19.5 Å². The Morgan fingerprint density at radius 1 is 0.969 bits per heavy atom. The second-order valence-electron chi connectivity index (χ2n) is 8.85. The Kier molecular flexibility index (Phi) is 5.33. The van der Waals surface area contributed by atoms with Gasteiger partial charge in [-0.25, -0.2) is 9.59 Å². The number of aliphatic carboxylic acids is 1. The van der Waals surface area contributed by atoms with Gasteiger partial charge in [-0.05, 0) is 47.9 Å². The van der Waals surface area contributed by atoms with Crippen LogP contribution in [0.4, 0.5) is 4.79 Å². The Hall–Kier alpha value is -3.35. The summed E-state index contributed by atoms with van der Waals surface area (Å²) >= 11 is 0. The number of carboxylic acids is 1. The molecule has 1 unspecified atom stereocenters. The molecule has 1 heterocycles. The van der Waals surface area contributed by atoms with E-state index in [4.69, 9.17) is 4.74 Å². The van der Waals surface area contributed by atoms with E-state index in [-0.39, 0.29) is 30.4 Å². The molecule has 0 aromatic heterocycles. The molecule has 2 fully saturated rings. The van der Waals surface area contributed by atoms with Crippen molar-refractivity contribution in [3.63, 3.8) is 0 Å². The minimum Gasteiger partial charge on any atom is -0.480 e. The molecule has 5 rings (SSSR count). The molecule has 7 heteroatoms.